The Kier molecular flexibility index (Phi) is 10.1. The fourth-order valence-corrected chi connectivity index (χ4v) is 3.47. The maximum atomic E-state index is 10.3. The molecule has 0 amide bonds. The van der Waals surface area contributed by atoms with Gasteiger partial charge in [-0.25, -0.2) is 0 Å². The van der Waals surface area contributed by atoms with E-state index in [0.717, 1.165) is 37.7 Å². The average molecular weight is 438 g/mol. The van der Waals surface area contributed by atoms with Gasteiger partial charge in [0, 0.05) is 12.5 Å². The van der Waals surface area contributed by atoms with Crippen LogP contribution in [0.4, 0.5) is 0 Å². The molecule has 1 atom stereocenters. The predicted octanol–water partition coefficient (Wildman–Crippen LogP) is 6.47. The van der Waals surface area contributed by atoms with E-state index in [-0.39, 0.29) is 29.4 Å². The monoisotopic (exact) mass is 437 g/mol. The lowest BCUT2D eigenvalue weighted by Crippen LogP contribution is -2.36. The molecule has 7 nitrogen and oxygen atoms in total. The van der Waals surface area contributed by atoms with Crippen LogP contribution in [0, 0.1) is 16.0 Å². The molecule has 0 saturated heterocycles. The molecule has 0 aliphatic rings. The summed E-state index contributed by atoms with van der Waals surface area (Å²) >= 11 is 0. The van der Waals surface area contributed by atoms with E-state index in [1.165, 1.54) is 0 Å². The van der Waals surface area contributed by atoms with Crippen LogP contribution in [-0.2, 0) is 10.3 Å². The topological polar surface area (TPSA) is 102 Å². The van der Waals surface area contributed by atoms with Gasteiger partial charge < -0.3 is 19.8 Å². The third-order valence-electron chi connectivity index (χ3n) is 6.00. The Morgan fingerprint density at radius 1 is 1.16 bits per heavy atom. The molecule has 0 radical (unpaired) electrons. The first-order valence-electron chi connectivity index (χ1n) is 11.0. The van der Waals surface area contributed by atoms with Gasteiger partial charge in [-0.2, -0.15) is 0 Å². The van der Waals surface area contributed by atoms with Crippen molar-refractivity contribution >= 4 is 0 Å². The number of allylic oxidation sites excluding steroid dienone is 1. The minimum Gasteiger partial charge on any atom is -0.513 e. The third-order valence-corrected chi connectivity index (χ3v) is 6.00. The first-order chi connectivity index (χ1) is 14.3. The summed E-state index contributed by atoms with van der Waals surface area (Å²) in [5.74, 6) is 1.15. The van der Waals surface area contributed by atoms with Crippen LogP contribution in [0.25, 0.3) is 0 Å². The van der Waals surface area contributed by atoms with Gasteiger partial charge in [-0.05, 0) is 62.1 Å². The van der Waals surface area contributed by atoms with Crippen LogP contribution in [0.3, 0.4) is 0 Å². The van der Waals surface area contributed by atoms with Crippen LogP contribution in [0.15, 0.2) is 30.5 Å². The van der Waals surface area contributed by atoms with E-state index in [0.29, 0.717) is 18.6 Å². The molecule has 1 aromatic carbocycles. The van der Waals surface area contributed by atoms with Crippen LogP contribution in [0.5, 0.6) is 11.5 Å². The normalized spacial score (nSPS) is 12.9. The van der Waals surface area contributed by atoms with Gasteiger partial charge in [0.15, 0.2) is 0 Å². The van der Waals surface area contributed by atoms with E-state index >= 15 is 0 Å². The van der Waals surface area contributed by atoms with Gasteiger partial charge in [0.2, 0.25) is 0 Å². The summed E-state index contributed by atoms with van der Waals surface area (Å²) in [5, 5.41) is 29.1. The average Bonchev–Trinajstić information content (AvgIpc) is 2.64. The Balaban J connectivity index is 2.70. The van der Waals surface area contributed by atoms with Crippen LogP contribution < -0.4 is 4.74 Å². The van der Waals surface area contributed by atoms with E-state index in [2.05, 4.69) is 32.2 Å². The van der Waals surface area contributed by atoms with Crippen LogP contribution in [0.2, 0.25) is 0 Å². The highest BCUT2D eigenvalue weighted by atomic mass is 16.9. The molecule has 0 aliphatic carbocycles. The van der Waals surface area contributed by atoms with Crippen molar-refractivity contribution < 1.29 is 24.9 Å². The number of rotatable bonds is 15. The van der Waals surface area contributed by atoms with Gasteiger partial charge in [0.1, 0.15) is 17.1 Å². The van der Waals surface area contributed by atoms with Gasteiger partial charge >= 0.3 is 0 Å². The van der Waals surface area contributed by atoms with Crippen LogP contribution >= 0.6 is 0 Å². The maximum absolute atomic E-state index is 10.3. The quantitative estimate of drug-likeness (QED) is 0.141. The van der Waals surface area contributed by atoms with Crippen molar-refractivity contribution in [3.8, 4) is 11.5 Å². The lowest BCUT2D eigenvalue weighted by Gasteiger charge is -2.34. The van der Waals surface area contributed by atoms with Crippen LogP contribution in [0.1, 0.15) is 85.1 Å². The van der Waals surface area contributed by atoms with Gasteiger partial charge in [0.05, 0.1) is 12.4 Å². The molecule has 0 aromatic heterocycles. The molecule has 7 heteroatoms. The number of hydrogen-bond acceptors (Lipinski definition) is 6. The molecule has 0 aliphatic heterocycles. The summed E-state index contributed by atoms with van der Waals surface area (Å²) in [6.07, 6.45) is 5.70. The molecule has 0 bridgehead atoms. The number of hydrogen-bond donors (Lipinski definition) is 2. The van der Waals surface area contributed by atoms with Crippen molar-refractivity contribution in [1.82, 2.24) is 0 Å². The molecule has 1 unspecified atom stereocenters. The zero-order valence-corrected chi connectivity index (χ0v) is 19.6. The minimum atomic E-state index is -0.754. The van der Waals surface area contributed by atoms with Gasteiger partial charge in [-0.3, -0.25) is 0 Å². The highest BCUT2D eigenvalue weighted by Crippen LogP contribution is 2.37. The van der Waals surface area contributed by atoms with Gasteiger partial charge in [-0.15, -0.1) is 10.1 Å². The first-order valence-corrected chi connectivity index (χ1v) is 11.0. The van der Waals surface area contributed by atoms with Gasteiger partial charge in [0.25, 0.3) is 5.09 Å². The SMILES string of the molecule is C=C(O)CCC(C)C(C)(C)Oc1cc(O)cc(C(C)(C)CCCCCCO[N+](=O)[O-])c1. The molecule has 0 saturated carbocycles. The summed E-state index contributed by atoms with van der Waals surface area (Å²) in [4.78, 5) is 14.5. The Bertz CT molecular complexity index is 729. The molecule has 1 rings (SSSR count). The number of benzene rings is 1. The molecular weight excluding hydrogens is 398 g/mol. The number of ether oxygens (including phenoxy) is 1. The van der Waals surface area contributed by atoms with Crippen LogP contribution in [-0.4, -0.2) is 27.5 Å². The molecule has 31 heavy (non-hydrogen) atoms. The standard InChI is InChI=1S/C24H39NO6/c1-18(11-12-19(2)26)24(5,6)31-22-16-20(15-21(27)17-22)23(3,4)13-9-7-8-10-14-30-25(28)29/h15-18,26-27H,2,7-14H2,1,3-6H3. The number of aliphatic hydroxyl groups is 1. The van der Waals surface area contributed by atoms with Crippen molar-refractivity contribution in [1.29, 1.82) is 0 Å². The number of nitrogens with zero attached hydrogens (tertiary/aromatic N) is 1. The Labute approximate surface area is 186 Å². The summed E-state index contributed by atoms with van der Waals surface area (Å²) in [6.45, 7) is 14.1. The van der Waals surface area contributed by atoms with E-state index in [1.54, 1.807) is 12.1 Å². The minimum absolute atomic E-state index is 0.143. The number of unbranched alkanes of at least 4 members (excludes halogenated alkanes) is 3. The van der Waals surface area contributed by atoms with E-state index < -0.39 is 10.7 Å². The van der Waals surface area contributed by atoms with Crippen molar-refractivity contribution in [3.05, 3.63) is 46.2 Å². The third kappa shape index (κ3) is 9.94. The second kappa shape index (κ2) is 11.8. The fraction of sp³-hybridized carbons (Fsp3) is 0.667. The molecule has 176 valence electrons. The molecule has 0 heterocycles. The van der Waals surface area contributed by atoms with Gasteiger partial charge in [-0.1, -0.05) is 46.6 Å². The Hall–Kier alpha value is -2.44. The smallest absolute Gasteiger partial charge is 0.294 e. The summed E-state index contributed by atoms with van der Waals surface area (Å²) in [7, 11) is 0. The lowest BCUT2D eigenvalue weighted by molar-refractivity contribution is -0.757. The summed E-state index contributed by atoms with van der Waals surface area (Å²) in [5.41, 5.74) is 0.376. The molecule has 0 spiro atoms. The van der Waals surface area contributed by atoms with E-state index in [1.807, 2.05) is 19.9 Å². The Morgan fingerprint density at radius 3 is 2.42 bits per heavy atom. The molecule has 1 aromatic rings. The predicted molar refractivity (Wildman–Crippen MR) is 122 cm³/mol. The number of aliphatic hydroxyl groups excluding tert-OH is 1. The number of phenolic OH excluding ortho intramolecular Hbond substituents is 1. The highest BCUT2D eigenvalue weighted by Gasteiger charge is 2.29. The Morgan fingerprint density at radius 2 is 1.81 bits per heavy atom. The van der Waals surface area contributed by atoms with Crippen molar-refractivity contribution in [3.63, 3.8) is 0 Å². The zero-order valence-electron chi connectivity index (χ0n) is 19.6. The lowest BCUT2D eigenvalue weighted by atomic mass is 9.79. The zero-order chi connectivity index (χ0) is 23.7. The van der Waals surface area contributed by atoms with E-state index in [9.17, 15) is 20.3 Å². The number of aromatic hydroxyl groups is 1. The van der Waals surface area contributed by atoms with Crippen molar-refractivity contribution in [2.75, 3.05) is 6.61 Å². The highest BCUT2D eigenvalue weighted by molar-refractivity contribution is 5.41. The molecule has 0 fully saturated rings. The van der Waals surface area contributed by atoms with Crippen molar-refractivity contribution in [2.45, 2.75) is 90.6 Å². The second-order valence-corrected chi connectivity index (χ2v) is 9.53. The summed E-state index contributed by atoms with van der Waals surface area (Å²) < 4.78 is 6.26. The first kappa shape index (κ1) is 26.6. The molecule has 2 N–H and O–H groups in total. The molecular formula is C24H39NO6. The largest absolute Gasteiger partial charge is 0.513 e. The summed E-state index contributed by atoms with van der Waals surface area (Å²) in [6, 6.07) is 5.41. The van der Waals surface area contributed by atoms with E-state index in [4.69, 9.17) is 4.74 Å². The fourth-order valence-electron chi connectivity index (χ4n) is 3.47. The second-order valence-electron chi connectivity index (χ2n) is 9.53. The van der Waals surface area contributed by atoms with Crippen molar-refractivity contribution in [2.24, 2.45) is 5.92 Å². The number of phenols is 1. The maximum Gasteiger partial charge on any atom is 0.294 e.